The van der Waals surface area contributed by atoms with Crippen LogP contribution in [0.1, 0.15) is 40.0 Å². The van der Waals surface area contributed by atoms with Crippen LogP contribution in [0.3, 0.4) is 0 Å². The van der Waals surface area contributed by atoms with E-state index in [1.54, 1.807) is 0 Å². The van der Waals surface area contributed by atoms with Crippen LogP contribution in [0.4, 0.5) is 0 Å². The van der Waals surface area contributed by atoms with E-state index < -0.39 is 0 Å². The van der Waals surface area contributed by atoms with E-state index in [1.165, 1.54) is 19.3 Å². The van der Waals surface area contributed by atoms with Crippen LogP contribution in [-0.2, 0) is 0 Å². The number of hydrogen-bond donors (Lipinski definition) is 2. The normalized spacial score (nSPS) is 21.5. The van der Waals surface area contributed by atoms with Gasteiger partial charge in [0.05, 0.1) is 0 Å². The Morgan fingerprint density at radius 2 is 1.92 bits per heavy atom. The monoisotopic (exact) mass is 184 g/mol. The first-order valence-corrected chi connectivity index (χ1v) is 5.69. The second-order valence-electron chi connectivity index (χ2n) is 4.51. The molecule has 2 nitrogen and oxygen atoms in total. The van der Waals surface area contributed by atoms with Crippen LogP contribution in [0.15, 0.2) is 0 Å². The molecule has 2 heteroatoms. The molecule has 1 rings (SSSR count). The summed E-state index contributed by atoms with van der Waals surface area (Å²) in [7, 11) is 0. The Kier molecular flexibility index (Phi) is 4.74. The Morgan fingerprint density at radius 3 is 2.46 bits per heavy atom. The second-order valence-corrected chi connectivity index (χ2v) is 4.51. The Labute approximate surface area is 82.5 Å². The first-order valence-electron chi connectivity index (χ1n) is 5.69. The van der Waals surface area contributed by atoms with Crippen LogP contribution in [0.2, 0.25) is 0 Å². The van der Waals surface area contributed by atoms with E-state index in [0.29, 0.717) is 6.04 Å². The lowest BCUT2D eigenvalue weighted by Crippen LogP contribution is -2.39. The van der Waals surface area contributed by atoms with Crippen LogP contribution in [0.25, 0.3) is 0 Å². The highest BCUT2D eigenvalue weighted by Crippen LogP contribution is 2.18. The van der Waals surface area contributed by atoms with E-state index in [4.69, 9.17) is 0 Å². The van der Waals surface area contributed by atoms with Crippen molar-refractivity contribution in [1.82, 2.24) is 10.6 Å². The van der Waals surface area contributed by atoms with Crippen molar-refractivity contribution in [2.45, 2.75) is 52.1 Å². The molecule has 2 atom stereocenters. The van der Waals surface area contributed by atoms with E-state index in [0.717, 1.165) is 25.0 Å². The molecule has 2 unspecified atom stereocenters. The maximum atomic E-state index is 3.55. The third-order valence-corrected chi connectivity index (χ3v) is 2.80. The van der Waals surface area contributed by atoms with Crippen LogP contribution in [0.5, 0.6) is 0 Å². The quantitative estimate of drug-likeness (QED) is 0.630. The number of hydrogen-bond acceptors (Lipinski definition) is 2. The molecule has 0 spiro atoms. The van der Waals surface area contributed by atoms with E-state index in [1.807, 2.05) is 0 Å². The van der Waals surface area contributed by atoms with Gasteiger partial charge in [0.1, 0.15) is 0 Å². The standard InChI is InChI=1S/C11H24N2/c1-4-9(2)7-12-10(3)8-13-11-5-6-11/h9-13H,4-8H2,1-3H3. The summed E-state index contributed by atoms with van der Waals surface area (Å²) in [5.41, 5.74) is 0. The lowest BCUT2D eigenvalue weighted by molar-refractivity contribution is 0.436. The van der Waals surface area contributed by atoms with Crippen molar-refractivity contribution in [2.24, 2.45) is 5.92 Å². The molecular formula is C11H24N2. The second kappa shape index (κ2) is 5.61. The molecule has 1 fully saturated rings. The molecule has 1 aliphatic carbocycles. The molecule has 0 aromatic carbocycles. The van der Waals surface area contributed by atoms with Gasteiger partial charge in [0.2, 0.25) is 0 Å². The average Bonchev–Trinajstić information content (AvgIpc) is 2.94. The summed E-state index contributed by atoms with van der Waals surface area (Å²) in [4.78, 5) is 0. The van der Waals surface area contributed by atoms with Crippen molar-refractivity contribution in [3.8, 4) is 0 Å². The third kappa shape index (κ3) is 5.27. The first-order chi connectivity index (χ1) is 6.22. The summed E-state index contributed by atoms with van der Waals surface area (Å²) in [5.74, 6) is 0.809. The average molecular weight is 184 g/mol. The van der Waals surface area contributed by atoms with Gasteiger partial charge in [-0.15, -0.1) is 0 Å². The zero-order chi connectivity index (χ0) is 9.68. The first kappa shape index (κ1) is 11.0. The van der Waals surface area contributed by atoms with Gasteiger partial charge in [0.15, 0.2) is 0 Å². The molecule has 0 aromatic heterocycles. The van der Waals surface area contributed by atoms with Crippen molar-refractivity contribution >= 4 is 0 Å². The molecular weight excluding hydrogens is 160 g/mol. The molecule has 78 valence electrons. The molecule has 0 aromatic rings. The molecule has 0 bridgehead atoms. The summed E-state index contributed by atoms with van der Waals surface area (Å²) in [6.45, 7) is 9.09. The van der Waals surface area contributed by atoms with Gasteiger partial charge in [-0.3, -0.25) is 0 Å². The minimum absolute atomic E-state index is 0.620. The van der Waals surface area contributed by atoms with E-state index in [9.17, 15) is 0 Å². The van der Waals surface area contributed by atoms with Crippen LogP contribution >= 0.6 is 0 Å². The fraction of sp³-hybridized carbons (Fsp3) is 1.00. The van der Waals surface area contributed by atoms with Crippen molar-refractivity contribution in [1.29, 1.82) is 0 Å². The van der Waals surface area contributed by atoms with Gasteiger partial charge < -0.3 is 10.6 Å². The van der Waals surface area contributed by atoms with Crippen molar-refractivity contribution in [3.63, 3.8) is 0 Å². The fourth-order valence-corrected chi connectivity index (χ4v) is 1.25. The molecule has 0 amide bonds. The highest BCUT2D eigenvalue weighted by molar-refractivity contribution is 4.82. The van der Waals surface area contributed by atoms with E-state index in [2.05, 4.69) is 31.4 Å². The van der Waals surface area contributed by atoms with Gasteiger partial charge in [-0.25, -0.2) is 0 Å². The maximum Gasteiger partial charge on any atom is 0.0164 e. The number of nitrogens with one attached hydrogen (secondary N) is 2. The SMILES string of the molecule is CCC(C)CNC(C)CNC1CC1. The molecule has 0 aliphatic heterocycles. The summed E-state index contributed by atoms with van der Waals surface area (Å²) in [5, 5.41) is 7.09. The molecule has 0 saturated heterocycles. The smallest absolute Gasteiger partial charge is 0.0164 e. The Balaban J connectivity index is 1.92. The van der Waals surface area contributed by atoms with Crippen molar-refractivity contribution in [3.05, 3.63) is 0 Å². The highest BCUT2D eigenvalue weighted by atomic mass is 15.0. The minimum atomic E-state index is 0.620. The predicted molar refractivity (Wildman–Crippen MR) is 57.9 cm³/mol. The third-order valence-electron chi connectivity index (χ3n) is 2.80. The summed E-state index contributed by atoms with van der Waals surface area (Å²) in [6.07, 6.45) is 4.05. The summed E-state index contributed by atoms with van der Waals surface area (Å²) < 4.78 is 0. The number of rotatable bonds is 7. The molecule has 0 radical (unpaired) electrons. The lowest BCUT2D eigenvalue weighted by Gasteiger charge is -2.17. The minimum Gasteiger partial charge on any atom is -0.313 e. The van der Waals surface area contributed by atoms with Crippen LogP contribution in [-0.4, -0.2) is 25.2 Å². The Hall–Kier alpha value is -0.0800. The zero-order valence-corrected chi connectivity index (χ0v) is 9.27. The van der Waals surface area contributed by atoms with Gasteiger partial charge in [0.25, 0.3) is 0 Å². The Morgan fingerprint density at radius 1 is 1.23 bits per heavy atom. The summed E-state index contributed by atoms with van der Waals surface area (Å²) in [6, 6.07) is 1.46. The predicted octanol–water partition coefficient (Wildman–Crippen LogP) is 1.76. The molecule has 1 saturated carbocycles. The Bertz CT molecular complexity index is 132. The summed E-state index contributed by atoms with van der Waals surface area (Å²) >= 11 is 0. The van der Waals surface area contributed by atoms with E-state index >= 15 is 0 Å². The van der Waals surface area contributed by atoms with Gasteiger partial charge in [-0.05, 0) is 32.2 Å². The fourth-order valence-electron chi connectivity index (χ4n) is 1.25. The maximum absolute atomic E-state index is 3.55. The zero-order valence-electron chi connectivity index (χ0n) is 9.27. The topological polar surface area (TPSA) is 24.1 Å². The van der Waals surface area contributed by atoms with Gasteiger partial charge in [-0.2, -0.15) is 0 Å². The van der Waals surface area contributed by atoms with E-state index in [-0.39, 0.29) is 0 Å². The molecule has 1 aliphatic rings. The van der Waals surface area contributed by atoms with Gasteiger partial charge >= 0.3 is 0 Å². The molecule has 0 heterocycles. The van der Waals surface area contributed by atoms with Crippen LogP contribution < -0.4 is 10.6 Å². The van der Waals surface area contributed by atoms with Gasteiger partial charge in [-0.1, -0.05) is 20.3 Å². The van der Waals surface area contributed by atoms with Gasteiger partial charge in [0, 0.05) is 18.6 Å². The van der Waals surface area contributed by atoms with Crippen molar-refractivity contribution in [2.75, 3.05) is 13.1 Å². The lowest BCUT2D eigenvalue weighted by atomic mass is 10.1. The molecule has 2 N–H and O–H groups in total. The molecule has 13 heavy (non-hydrogen) atoms. The largest absolute Gasteiger partial charge is 0.313 e. The van der Waals surface area contributed by atoms with Crippen molar-refractivity contribution < 1.29 is 0 Å². The highest BCUT2D eigenvalue weighted by Gasteiger charge is 2.20. The van der Waals surface area contributed by atoms with Crippen LogP contribution in [0, 0.1) is 5.92 Å².